The molecule has 1 aliphatic rings. The van der Waals surface area contributed by atoms with Gasteiger partial charge in [-0.3, -0.25) is 9.88 Å². The standard InChI is InChI=1S/C22H25ClN4O2/c1-15(17-9-5-10-18(23)13-17)29-19-11-6-12-27(14-20-24-22(28)26-25-20)21(19)16-7-3-2-4-8-16/h2-5,7-10,13,15,19,21H,6,11-12,14H2,1H3,(H2,24,25,26,28)/t15-,19+,21+/m1/s1. The molecule has 1 saturated heterocycles. The number of likely N-dealkylation sites (tertiary alicyclic amines) is 1. The summed E-state index contributed by atoms with van der Waals surface area (Å²) in [7, 11) is 0. The second-order valence-corrected chi connectivity index (χ2v) is 7.90. The molecule has 7 heteroatoms. The van der Waals surface area contributed by atoms with Crippen LogP contribution in [0.2, 0.25) is 5.02 Å². The van der Waals surface area contributed by atoms with Crippen LogP contribution in [0.1, 0.15) is 48.9 Å². The van der Waals surface area contributed by atoms with Gasteiger partial charge in [0.2, 0.25) is 0 Å². The summed E-state index contributed by atoms with van der Waals surface area (Å²) in [5, 5.41) is 7.26. The number of H-pyrrole nitrogens is 2. The van der Waals surface area contributed by atoms with E-state index in [4.69, 9.17) is 16.3 Å². The zero-order chi connectivity index (χ0) is 20.2. The van der Waals surface area contributed by atoms with Crippen LogP contribution >= 0.6 is 11.6 Å². The van der Waals surface area contributed by atoms with Gasteiger partial charge < -0.3 is 4.74 Å². The number of ether oxygens (including phenoxy) is 1. The largest absolute Gasteiger partial charge is 0.369 e. The van der Waals surface area contributed by atoms with E-state index >= 15 is 0 Å². The first-order valence-corrected chi connectivity index (χ1v) is 10.3. The molecule has 1 fully saturated rings. The van der Waals surface area contributed by atoms with Gasteiger partial charge in [-0.05, 0) is 49.6 Å². The van der Waals surface area contributed by atoms with Crippen molar-refractivity contribution in [2.45, 2.75) is 44.6 Å². The van der Waals surface area contributed by atoms with E-state index in [1.54, 1.807) is 0 Å². The van der Waals surface area contributed by atoms with Crippen molar-refractivity contribution >= 4 is 11.6 Å². The van der Waals surface area contributed by atoms with Crippen LogP contribution in [0.3, 0.4) is 0 Å². The number of benzene rings is 2. The molecular formula is C22H25ClN4O2. The number of halogens is 1. The Morgan fingerprint density at radius 3 is 2.79 bits per heavy atom. The molecule has 29 heavy (non-hydrogen) atoms. The number of nitrogens with one attached hydrogen (secondary N) is 2. The molecule has 0 radical (unpaired) electrons. The molecule has 2 heterocycles. The first-order chi connectivity index (χ1) is 14.1. The van der Waals surface area contributed by atoms with Gasteiger partial charge in [0.15, 0.2) is 0 Å². The number of hydrogen-bond donors (Lipinski definition) is 2. The Hall–Kier alpha value is -2.41. The number of rotatable bonds is 6. The highest BCUT2D eigenvalue weighted by atomic mass is 35.5. The van der Waals surface area contributed by atoms with Crippen LogP contribution in [-0.2, 0) is 11.3 Å². The van der Waals surface area contributed by atoms with E-state index < -0.39 is 0 Å². The lowest BCUT2D eigenvalue weighted by molar-refractivity contribution is -0.0808. The van der Waals surface area contributed by atoms with E-state index in [-0.39, 0.29) is 23.9 Å². The molecule has 0 bridgehead atoms. The maximum Gasteiger partial charge on any atom is 0.340 e. The van der Waals surface area contributed by atoms with Gasteiger partial charge in [0.1, 0.15) is 5.82 Å². The van der Waals surface area contributed by atoms with Gasteiger partial charge in [0.05, 0.1) is 24.8 Å². The van der Waals surface area contributed by atoms with Gasteiger partial charge in [-0.1, -0.05) is 54.1 Å². The van der Waals surface area contributed by atoms with Crippen molar-refractivity contribution in [2.75, 3.05) is 6.54 Å². The van der Waals surface area contributed by atoms with Crippen molar-refractivity contribution < 1.29 is 4.74 Å². The number of nitrogens with zero attached hydrogens (tertiary/aromatic N) is 2. The third-order valence-corrected chi connectivity index (χ3v) is 5.66. The van der Waals surface area contributed by atoms with Gasteiger partial charge >= 0.3 is 5.69 Å². The fourth-order valence-electron chi connectivity index (χ4n) is 4.10. The minimum atomic E-state index is -0.282. The Labute approximate surface area is 174 Å². The number of aromatic nitrogens is 3. The van der Waals surface area contributed by atoms with E-state index in [9.17, 15) is 4.79 Å². The van der Waals surface area contributed by atoms with Crippen LogP contribution in [0.25, 0.3) is 0 Å². The molecule has 0 saturated carbocycles. The normalized spacial score (nSPS) is 21.2. The first kappa shape index (κ1) is 19.9. The summed E-state index contributed by atoms with van der Waals surface area (Å²) in [6, 6.07) is 18.3. The van der Waals surface area contributed by atoms with Gasteiger partial charge in [-0.25, -0.2) is 9.89 Å². The second-order valence-electron chi connectivity index (χ2n) is 7.46. The first-order valence-electron chi connectivity index (χ1n) is 9.93. The highest BCUT2D eigenvalue weighted by molar-refractivity contribution is 6.30. The minimum absolute atomic E-state index is 0.0193. The van der Waals surface area contributed by atoms with Crippen molar-refractivity contribution in [3.05, 3.63) is 87.1 Å². The van der Waals surface area contributed by atoms with E-state index in [1.807, 2.05) is 30.3 Å². The van der Waals surface area contributed by atoms with E-state index in [0.29, 0.717) is 17.4 Å². The maximum absolute atomic E-state index is 11.5. The van der Waals surface area contributed by atoms with Crippen LogP contribution in [0.4, 0.5) is 0 Å². The molecule has 3 atom stereocenters. The summed E-state index contributed by atoms with van der Waals surface area (Å²) in [6.07, 6.45) is 1.93. The van der Waals surface area contributed by atoms with Gasteiger partial charge in [0, 0.05) is 5.02 Å². The number of hydrogen-bond acceptors (Lipinski definition) is 4. The molecule has 2 aromatic carbocycles. The van der Waals surface area contributed by atoms with E-state index in [1.165, 1.54) is 5.56 Å². The van der Waals surface area contributed by atoms with Crippen molar-refractivity contribution in [2.24, 2.45) is 0 Å². The maximum atomic E-state index is 11.5. The average molecular weight is 413 g/mol. The second kappa shape index (κ2) is 8.95. The fraction of sp³-hybridized carbons (Fsp3) is 0.364. The van der Waals surface area contributed by atoms with Crippen LogP contribution in [-0.4, -0.2) is 32.7 Å². The highest BCUT2D eigenvalue weighted by Gasteiger charge is 2.35. The quantitative estimate of drug-likeness (QED) is 0.635. The smallest absolute Gasteiger partial charge is 0.340 e. The molecule has 1 aliphatic heterocycles. The lowest BCUT2D eigenvalue weighted by Crippen LogP contribution is -2.43. The lowest BCUT2D eigenvalue weighted by atomic mass is 9.92. The Bertz CT molecular complexity index is 987. The van der Waals surface area contributed by atoms with Gasteiger partial charge in [-0.15, -0.1) is 0 Å². The molecule has 1 aromatic heterocycles. The molecule has 0 amide bonds. The molecule has 0 spiro atoms. The van der Waals surface area contributed by atoms with Crippen LogP contribution in [0.5, 0.6) is 0 Å². The van der Waals surface area contributed by atoms with Gasteiger partial charge in [0.25, 0.3) is 0 Å². The molecule has 6 nitrogen and oxygen atoms in total. The molecule has 152 valence electrons. The van der Waals surface area contributed by atoms with Crippen molar-refractivity contribution in [3.8, 4) is 0 Å². The van der Waals surface area contributed by atoms with E-state index in [2.05, 4.69) is 51.3 Å². The molecule has 0 aliphatic carbocycles. The van der Waals surface area contributed by atoms with Crippen LogP contribution in [0.15, 0.2) is 59.4 Å². The third kappa shape index (κ3) is 4.78. The predicted molar refractivity (Wildman–Crippen MR) is 113 cm³/mol. The Morgan fingerprint density at radius 2 is 2.07 bits per heavy atom. The Morgan fingerprint density at radius 1 is 1.24 bits per heavy atom. The summed E-state index contributed by atoms with van der Waals surface area (Å²) >= 11 is 6.17. The topological polar surface area (TPSA) is 74.0 Å². The average Bonchev–Trinajstić information content (AvgIpc) is 3.13. The summed E-state index contributed by atoms with van der Waals surface area (Å²) < 4.78 is 6.57. The van der Waals surface area contributed by atoms with Crippen LogP contribution < -0.4 is 5.69 Å². The van der Waals surface area contributed by atoms with Crippen molar-refractivity contribution in [1.29, 1.82) is 0 Å². The molecular weight excluding hydrogens is 388 g/mol. The fourth-order valence-corrected chi connectivity index (χ4v) is 4.29. The Balaban J connectivity index is 1.59. The lowest BCUT2D eigenvalue weighted by Gasteiger charge is -2.42. The van der Waals surface area contributed by atoms with Crippen molar-refractivity contribution in [3.63, 3.8) is 0 Å². The SMILES string of the molecule is C[C@@H](O[C@H]1CCCN(Cc2n[nH]c(=O)[nH]2)[C@H]1c1ccccc1)c1cccc(Cl)c1. The summed E-state index contributed by atoms with van der Waals surface area (Å²) in [6.45, 7) is 3.54. The molecule has 4 rings (SSSR count). The highest BCUT2D eigenvalue weighted by Crippen LogP contribution is 2.37. The minimum Gasteiger partial charge on any atom is -0.369 e. The zero-order valence-electron chi connectivity index (χ0n) is 16.3. The van der Waals surface area contributed by atoms with Crippen LogP contribution in [0, 0.1) is 0 Å². The zero-order valence-corrected chi connectivity index (χ0v) is 17.1. The third-order valence-electron chi connectivity index (χ3n) is 5.42. The molecule has 0 unspecified atom stereocenters. The monoisotopic (exact) mass is 412 g/mol. The summed E-state index contributed by atoms with van der Waals surface area (Å²) in [4.78, 5) is 16.5. The number of aromatic amines is 2. The predicted octanol–water partition coefficient (Wildman–Crippen LogP) is 4.23. The summed E-state index contributed by atoms with van der Waals surface area (Å²) in [5.41, 5.74) is 1.99. The molecule has 3 aromatic rings. The molecule has 2 N–H and O–H groups in total. The van der Waals surface area contributed by atoms with E-state index in [0.717, 1.165) is 24.9 Å². The summed E-state index contributed by atoms with van der Waals surface area (Å²) in [5.74, 6) is 0.638. The Kier molecular flexibility index (Phi) is 6.13. The van der Waals surface area contributed by atoms with Crippen molar-refractivity contribution in [1.82, 2.24) is 20.1 Å². The number of piperidine rings is 1. The van der Waals surface area contributed by atoms with Gasteiger partial charge in [-0.2, -0.15) is 5.10 Å².